The number of halogens is 2. The van der Waals surface area contributed by atoms with Crippen LogP contribution in [0.5, 0.6) is 0 Å². The molecule has 0 saturated carbocycles. The second-order valence-electron chi connectivity index (χ2n) is 6.73. The Balaban J connectivity index is 1.81. The molecule has 0 aliphatic carbocycles. The molecule has 0 radical (unpaired) electrons. The summed E-state index contributed by atoms with van der Waals surface area (Å²) in [6.45, 7) is 6.48. The molecule has 0 aromatic heterocycles. The highest BCUT2D eigenvalue weighted by Crippen LogP contribution is 2.59. The van der Waals surface area contributed by atoms with Crippen LogP contribution in [0.3, 0.4) is 0 Å². The van der Waals surface area contributed by atoms with Crippen molar-refractivity contribution in [3.05, 3.63) is 80.9 Å². The van der Waals surface area contributed by atoms with Crippen molar-refractivity contribution in [2.45, 2.75) is 31.2 Å². The first-order valence-electron chi connectivity index (χ1n) is 8.04. The van der Waals surface area contributed by atoms with Gasteiger partial charge in [-0.05, 0) is 42.2 Å². The predicted molar refractivity (Wildman–Crippen MR) is 101 cm³/mol. The van der Waals surface area contributed by atoms with Crippen LogP contribution < -0.4 is 0 Å². The Hall–Kier alpha value is -1.10. The van der Waals surface area contributed by atoms with Crippen LogP contribution in [-0.2, 0) is 20.9 Å². The van der Waals surface area contributed by atoms with Crippen LogP contribution in [0.1, 0.15) is 30.9 Å². The first kappa shape index (κ1) is 16.4. The number of ether oxygens (including phenoxy) is 2. The Morgan fingerprint density at radius 3 is 2.04 bits per heavy atom. The molecule has 2 nitrogen and oxygen atoms in total. The molecule has 4 rings (SSSR count). The maximum Gasteiger partial charge on any atom is 0.238 e. The molecule has 2 fully saturated rings. The highest BCUT2D eigenvalue weighted by atomic mass is 79.9. The van der Waals surface area contributed by atoms with Crippen LogP contribution in [0.4, 0.5) is 0 Å². The van der Waals surface area contributed by atoms with Crippen molar-refractivity contribution < 1.29 is 9.47 Å². The van der Waals surface area contributed by atoms with Crippen LogP contribution in [0.15, 0.2) is 69.8 Å². The third-order valence-electron chi connectivity index (χ3n) is 4.93. The molecule has 0 spiro atoms. The largest absolute Gasteiger partial charge is 0.459 e. The fourth-order valence-electron chi connectivity index (χ4n) is 3.90. The minimum Gasteiger partial charge on any atom is -0.459 e. The summed E-state index contributed by atoms with van der Waals surface area (Å²) in [6.07, 6.45) is 1.71. The second kappa shape index (κ2) is 5.72. The van der Waals surface area contributed by atoms with Gasteiger partial charge in [-0.1, -0.05) is 69.6 Å². The van der Waals surface area contributed by atoms with E-state index in [0.717, 1.165) is 32.9 Å². The van der Waals surface area contributed by atoms with Crippen molar-refractivity contribution in [1.29, 1.82) is 0 Å². The topological polar surface area (TPSA) is 18.5 Å². The zero-order valence-electron chi connectivity index (χ0n) is 13.4. The highest BCUT2D eigenvalue weighted by molar-refractivity contribution is 9.10. The minimum absolute atomic E-state index is 0.463. The summed E-state index contributed by atoms with van der Waals surface area (Å²) in [6, 6.07) is 16.4. The Bertz CT molecular complexity index is 784. The van der Waals surface area contributed by atoms with Crippen molar-refractivity contribution in [1.82, 2.24) is 0 Å². The lowest BCUT2D eigenvalue weighted by molar-refractivity contribution is -0.234. The van der Waals surface area contributed by atoms with E-state index in [2.05, 4.69) is 69.6 Å². The van der Waals surface area contributed by atoms with Gasteiger partial charge in [0.1, 0.15) is 5.76 Å². The zero-order valence-corrected chi connectivity index (χ0v) is 16.6. The van der Waals surface area contributed by atoms with Gasteiger partial charge in [0.15, 0.2) is 5.60 Å². The monoisotopic (exact) mass is 448 g/mol. The molecule has 4 heteroatoms. The van der Waals surface area contributed by atoms with Gasteiger partial charge in [-0.15, -0.1) is 0 Å². The predicted octanol–water partition coefficient (Wildman–Crippen LogP) is 6.25. The minimum atomic E-state index is -0.747. The maximum atomic E-state index is 6.65. The Morgan fingerprint density at radius 2 is 1.46 bits per heavy atom. The molecule has 0 amide bonds. The van der Waals surface area contributed by atoms with Crippen molar-refractivity contribution in [2.24, 2.45) is 5.92 Å². The van der Waals surface area contributed by atoms with Gasteiger partial charge < -0.3 is 9.47 Å². The van der Waals surface area contributed by atoms with E-state index >= 15 is 0 Å². The molecule has 3 unspecified atom stereocenters. The summed E-state index contributed by atoms with van der Waals surface area (Å²) < 4.78 is 15.1. The van der Waals surface area contributed by atoms with Gasteiger partial charge >= 0.3 is 0 Å². The fraction of sp³-hybridized carbons (Fsp3) is 0.300. The summed E-state index contributed by atoms with van der Waals surface area (Å²) >= 11 is 7.00. The van der Waals surface area contributed by atoms with E-state index in [1.807, 2.05) is 24.3 Å². The third-order valence-corrected chi connectivity index (χ3v) is 5.98. The van der Waals surface area contributed by atoms with Crippen LogP contribution >= 0.6 is 31.9 Å². The summed E-state index contributed by atoms with van der Waals surface area (Å²) in [5.41, 5.74) is 1.56. The van der Waals surface area contributed by atoms with Crippen LogP contribution in [-0.4, -0.2) is 0 Å². The summed E-state index contributed by atoms with van der Waals surface area (Å²) in [4.78, 5) is 0. The van der Waals surface area contributed by atoms with Gasteiger partial charge in [0.25, 0.3) is 0 Å². The van der Waals surface area contributed by atoms with Crippen molar-refractivity contribution >= 4 is 31.9 Å². The van der Waals surface area contributed by atoms with E-state index < -0.39 is 11.4 Å². The van der Waals surface area contributed by atoms with Gasteiger partial charge in [-0.3, -0.25) is 0 Å². The van der Waals surface area contributed by atoms with E-state index in [-0.39, 0.29) is 0 Å². The number of hydrogen-bond donors (Lipinski definition) is 0. The molecule has 2 aromatic carbocycles. The quantitative estimate of drug-likeness (QED) is 0.539. The van der Waals surface area contributed by atoms with E-state index in [0.29, 0.717) is 11.7 Å². The molecule has 2 aliphatic rings. The van der Waals surface area contributed by atoms with Gasteiger partial charge in [0.05, 0.1) is 0 Å². The number of hydrogen-bond acceptors (Lipinski definition) is 2. The molecule has 2 aromatic rings. The normalized spacial score (nSPS) is 31.8. The van der Waals surface area contributed by atoms with Gasteiger partial charge in [0, 0.05) is 20.9 Å². The SMILES string of the molecule is C=C1OC2(c3ccc(Br)cc3)CC(C)CC1(c1ccc(Br)cc1)O2. The van der Waals surface area contributed by atoms with Gasteiger partial charge in [-0.2, -0.15) is 0 Å². The number of benzene rings is 2. The van der Waals surface area contributed by atoms with Gasteiger partial charge in [-0.25, -0.2) is 0 Å². The molecule has 124 valence electrons. The lowest BCUT2D eigenvalue weighted by Crippen LogP contribution is -2.41. The van der Waals surface area contributed by atoms with E-state index in [9.17, 15) is 0 Å². The average Bonchev–Trinajstić information content (AvgIpc) is 2.76. The Labute approximate surface area is 159 Å². The smallest absolute Gasteiger partial charge is 0.238 e. The van der Waals surface area contributed by atoms with Gasteiger partial charge in [0.2, 0.25) is 5.79 Å². The third kappa shape index (κ3) is 2.47. The first-order valence-corrected chi connectivity index (χ1v) is 9.63. The molecular weight excluding hydrogens is 432 g/mol. The van der Waals surface area contributed by atoms with E-state index in [1.165, 1.54) is 0 Å². The van der Waals surface area contributed by atoms with Crippen LogP contribution in [0.25, 0.3) is 0 Å². The summed E-state index contributed by atoms with van der Waals surface area (Å²) in [5, 5.41) is 0. The summed E-state index contributed by atoms with van der Waals surface area (Å²) in [5.74, 6) is 0.421. The number of rotatable bonds is 2. The zero-order chi connectivity index (χ0) is 16.9. The van der Waals surface area contributed by atoms with E-state index in [4.69, 9.17) is 9.47 Å². The van der Waals surface area contributed by atoms with Crippen molar-refractivity contribution in [2.75, 3.05) is 0 Å². The Kier molecular flexibility index (Phi) is 3.90. The lowest BCUT2D eigenvalue weighted by Gasteiger charge is -2.40. The fourth-order valence-corrected chi connectivity index (χ4v) is 4.43. The highest BCUT2D eigenvalue weighted by Gasteiger charge is 2.60. The standard InChI is InChI=1S/C20H18Br2O2/c1-13-11-19(15-3-7-17(21)8-4-15)14(2)23-20(12-13,24-19)16-5-9-18(22)10-6-16/h3-10,13H,2,11-12H2,1H3. The molecule has 2 bridgehead atoms. The second-order valence-corrected chi connectivity index (χ2v) is 8.57. The van der Waals surface area contributed by atoms with Crippen molar-refractivity contribution in [3.63, 3.8) is 0 Å². The first-order chi connectivity index (χ1) is 11.4. The molecule has 2 heterocycles. The van der Waals surface area contributed by atoms with Crippen molar-refractivity contribution in [3.8, 4) is 0 Å². The molecule has 2 saturated heterocycles. The molecule has 0 N–H and O–H groups in total. The maximum absolute atomic E-state index is 6.65. The van der Waals surface area contributed by atoms with Crippen LogP contribution in [0, 0.1) is 5.92 Å². The average molecular weight is 450 g/mol. The lowest BCUT2D eigenvalue weighted by atomic mass is 9.79. The van der Waals surface area contributed by atoms with Crippen LogP contribution in [0.2, 0.25) is 0 Å². The molecule has 3 atom stereocenters. The molecule has 24 heavy (non-hydrogen) atoms. The molecular formula is C20H18Br2O2. The summed E-state index contributed by atoms with van der Waals surface area (Å²) in [7, 11) is 0. The van der Waals surface area contributed by atoms with E-state index in [1.54, 1.807) is 0 Å². The Morgan fingerprint density at radius 1 is 0.917 bits per heavy atom. The number of fused-ring (bicyclic) bond motifs is 2. The molecule has 2 aliphatic heterocycles.